The summed E-state index contributed by atoms with van der Waals surface area (Å²) in [5, 5.41) is 4.44. The molecule has 58 heavy (non-hydrogen) atoms. The lowest BCUT2D eigenvalue weighted by Crippen LogP contribution is -2.06. The first-order valence-electron chi connectivity index (χ1n) is 16.1. The smallest absolute Gasteiger partial charge is 0.384 e. The van der Waals surface area contributed by atoms with Crippen molar-refractivity contribution in [2.45, 2.75) is 19.8 Å². The van der Waals surface area contributed by atoms with Crippen LogP contribution in [0.2, 0.25) is 5.02 Å². The Morgan fingerprint density at radius 2 is 1.09 bits per heavy atom. The van der Waals surface area contributed by atoms with Gasteiger partial charge in [-0.05, 0) is 84.9 Å². The number of hydrogen-bond acceptors (Lipinski definition) is 10. The molecule has 0 saturated carbocycles. The molecule has 0 atom stereocenters. The van der Waals surface area contributed by atoms with Gasteiger partial charge in [-0.2, -0.15) is 26.3 Å². The lowest BCUT2D eigenvalue weighted by molar-refractivity contribution is -0.138. The van der Waals surface area contributed by atoms with Gasteiger partial charge in [0.1, 0.15) is 35.9 Å². The summed E-state index contributed by atoms with van der Waals surface area (Å²) in [5.74, 6) is -0.660. The molecule has 0 unspecified atom stereocenters. The first-order valence-corrected chi connectivity index (χ1v) is 16.5. The molecular weight excluding hydrogens is 796 g/mol. The zero-order valence-corrected chi connectivity index (χ0v) is 29.4. The number of nitrogens with zero attached hydrogens (tertiary/aromatic N) is 8. The number of aromatic nitrogens is 8. The second kappa shape index (κ2) is 17.9. The van der Waals surface area contributed by atoms with Gasteiger partial charge in [0.25, 0.3) is 0 Å². The van der Waals surface area contributed by atoms with E-state index in [2.05, 4.69) is 45.2 Å². The van der Waals surface area contributed by atoms with Crippen molar-refractivity contribution in [1.82, 2.24) is 39.9 Å². The van der Waals surface area contributed by atoms with E-state index in [1.165, 1.54) is 43.4 Å². The fourth-order valence-electron chi connectivity index (χ4n) is 5.05. The maximum Gasteiger partial charge on any atom is 0.416 e. The molecule has 2 aromatic carbocycles. The molecule has 0 saturated heterocycles. The fourth-order valence-corrected chi connectivity index (χ4v) is 5.30. The number of halogens is 9. The van der Waals surface area contributed by atoms with Crippen LogP contribution >= 0.6 is 11.6 Å². The van der Waals surface area contributed by atoms with Crippen LogP contribution in [-0.2, 0) is 12.4 Å². The Balaban J connectivity index is 0.000000190. The third kappa shape index (κ3) is 10.3. The molecule has 0 spiro atoms. The molecule has 0 fully saturated rings. The number of fused-ring (bicyclic) bond motifs is 2. The number of rotatable bonds is 4. The normalized spacial score (nSPS) is 11.1. The predicted molar refractivity (Wildman–Crippen MR) is 203 cm³/mol. The van der Waals surface area contributed by atoms with Crippen LogP contribution in [0, 0.1) is 11.6 Å². The van der Waals surface area contributed by atoms with Crippen molar-refractivity contribution in [3.05, 3.63) is 150 Å². The second-order valence-electron chi connectivity index (χ2n) is 11.5. The average Bonchev–Trinajstić information content (AvgIpc) is 3.18. The summed E-state index contributed by atoms with van der Waals surface area (Å²) in [6.07, 6.45) is -0.311. The van der Waals surface area contributed by atoms with E-state index in [1.54, 1.807) is 42.6 Å². The highest BCUT2D eigenvalue weighted by atomic mass is 35.5. The van der Waals surface area contributed by atoms with E-state index in [0.717, 1.165) is 18.2 Å². The molecule has 0 aliphatic rings. The maximum atomic E-state index is 14.3. The van der Waals surface area contributed by atoms with Crippen molar-refractivity contribution < 1.29 is 35.1 Å². The van der Waals surface area contributed by atoms with Gasteiger partial charge in [0, 0.05) is 46.7 Å². The molecule has 10 nitrogen and oxygen atoms in total. The van der Waals surface area contributed by atoms with Gasteiger partial charge in [0.05, 0.1) is 33.2 Å². The lowest BCUT2D eigenvalue weighted by Gasteiger charge is -2.13. The number of anilines is 3. The van der Waals surface area contributed by atoms with E-state index < -0.39 is 35.1 Å². The van der Waals surface area contributed by atoms with Gasteiger partial charge in [-0.25, -0.2) is 48.7 Å². The Kier molecular flexibility index (Phi) is 13.0. The monoisotopic (exact) mass is 822 g/mol. The molecule has 0 amide bonds. The zero-order chi connectivity index (χ0) is 40.7. The topological polar surface area (TPSA) is 141 Å². The minimum Gasteiger partial charge on any atom is -0.384 e. The minimum absolute atomic E-state index is 0. The molecule has 0 bridgehead atoms. The lowest BCUT2D eigenvalue weighted by atomic mass is 10.0. The fraction of sp³-hybridized carbons (Fsp3) is 0.0769. The van der Waals surface area contributed by atoms with Gasteiger partial charge in [-0.15, -0.1) is 0 Å². The van der Waals surface area contributed by atoms with Crippen molar-refractivity contribution in [1.29, 1.82) is 0 Å². The third-order valence-electron chi connectivity index (χ3n) is 7.71. The van der Waals surface area contributed by atoms with E-state index in [4.69, 9.17) is 17.3 Å². The van der Waals surface area contributed by atoms with Crippen molar-refractivity contribution in [3.8, 4) is 22.5 Å². The Morgan fingerprint density at radius 1 is 0.569 bits per heavy atom. The van der Waals surface area contributed by atoms with Gasteiger partial charge in [-0.3, -0.25) is 0 Å². The number of alkyl halides is 6. The standard InChI is InChI=1S/C19H11F4N5.C15H7ClF4N2.C4H5N3.CH4/c20-14-4-3-11(19(21,22)23)8-13(14)16-9-15(27-17-5-7-24-10-26-17)12-2-1-6-25-18(12)28-16;16-11-7-13(22-14-9(11)2-1-5-21-14)10-6-8(15(18,19)20)3-4-12(10)17;5-4-1-2-6-3-7-4;/h1-10H,(H,24,25,26,27,28);1-7H;1-3H,(H2,5,6,7);1H4. The van der Waals surface area contributed by atoms with Crippen LogP contribution in [0.25, 0.3) is 44.6 Å². The molecule has 19 heteroatoms. The molecule has 0 radical (unpaired) electrons. The SMILES string of the molecule is C.Fc1ccc(C(F)(F)F)cc1-c1cc(Cl)c2cccnc2n1.Fc1ccc(C(F)(F)F)cc1-c1cc(Nc2ccncn2)c2cccnc2n1.Nc1ccncn1. The van der Waals surface area contributed by atoms with Gasteiger partial charge in [0.15, 0.2) is 11.3 Å². The number of hydrogen-bond donors (Lipinski definition) is 2. The van der Waals surface area contributed by atoms with Crippen LogP contribution in [0.3, 0.4) is 0 Å². The van der Waals surface area contributed by atoms with E-state index in [0.29, 0.717) is 46.3 Å². The van der Waals surface area contributed by atoms with Gasteiger partial charge >= 0.3 is 12.4 Å². The highest BCUT2D eigenvalue weighted by Crippen LogP contribution is 2.37. The van der Waals surface area contributed by atoms with Gasteiger partial charge < -0.3 is 11.1 Å². The van der Waals surface area contributed by atoms with Gasteiger partial charge in [-0.1, -0.05) is 19.0 Å². The van der Waals surface area contributed by atoms with Crippen molar-refractivity contribution in [2.24, 2.45) is 0 Å². The van der Waals surface area contributed by atoms with Gasteiger partial charge in [0.2, 0.25) is 0 Å². The summed E-state index contributed by atoms with van der Waals surface area (Å²) in [4.78, 5) is 31.6. The number of nitrogens with one attached hydrogen (secondary N) is 1. The van der Waals surface area contributed by atoms with Crippen molar-refractivity contribution >= 4 is 51.0 Å². The molecule has 6 heterocycles. The van der Waals surface area contributed by atoms with Crippen LogP contribution in [0.4, 0.5) is 52.4 Å². The highest BCUT2D eigenvalue weighted by molar-refractivity contribution is 6.35. The van der Waals surface area contributed by atoms with E-state index in [-0.39, 0.29) is 46.3 Å². The first-order chi connectivity index (χ1) is 27.2. The molecule has 296 valence electrons. The summed E-state index contributed by atoms with van der Waals surface area (Å²) in [6.45, 7) is 0. The molecule has 8 rings (SSSR count). The predicted octanol–water partition coefficient (Wildman–Crippen LogP) is 10.8. The van der Waals surface area contributed by atoms with Crippen LogP contribution < -0.4 is 11.1 Å². The van der Waals surface area contributed by atoms with E-state index >= 15 is 0 Å². The largest absolute Gasteiger partial charge is 0.416 e. The van der Waals surface area contributed by atoms with Crippen molar-refractivity contribution in [2.75, 3.05) is 11.1 Å². The Hall–Kier alpha value is -6.95. The van der Waals surface area contributed by atoms with E-state index in [9.17, 15) is 35.1 Å². The van der Waals surface area contributed by atoms with Crippen LogP contribution in [0.1, 0.15) is 18.6 Å². The molecule has 3 N–H and O–H groups in total. The Labute approximate surface area is 328 Å². The number of pyridine rings is 4. The first kappa shape index (κ1) is 42.2. The van der Waals surface area contributed by atoms with Crippen LogP contribution in [-0.4, -0.2) is 39.9 Å². The molecule has 0 aliphatic heterocycles. The highest BCUT2D eigenvalue weighted by Gasteiger charge is 2.32. The summed E-state index contributed by atoms with van der Waals surface area (Å²) < 4.78 is 106. The van der Waals surface area contributed by atoms with Crippen LogP contribution in [0.5, 0.6) is 0 Å². The van der Waals surface area contributed by atoms with Crippen LogP contribution in [0.15, 0.2) is 122 Å². The Morgan fingerprint density at radius 3 is 1.57 bits per heavy atom. The molecular formula is C39H27ClF8N10. The zero-order valence-electron chi connectivity index (χ0n) is 28.6. The number of nitrogen functional groups attached to an aromatic ring is 1. The van der Waals surface area contributed by atoms with Crippen molar-refractivity contribution in [3.63, 3.8) is 0 Å². The summed E-state index contributed by atoms with van der Waals surface area (Å²) in [5.41, 5.74) is 3.74. The minimum atomic E-state index is -4.60. The number of benzene rings is 2. The quantitative estimate of drug-likeness (QED) is 0.165. The van der Waals surface area contributed by atoms with E-state index in [1.807, 2.05) is 0 Å². The average molecular weight is 823 g/mol. The second-order valence-corrected chi connectivity index (χ2v) is 11.9. The summed E-state index contributed by atoms with van der Waals surface area (Å²) >= 11 is 6.07. The third-order valence-corrected chi connectivity index (χ3v) is 8.02. The Bertz CT molecular complexity index is 2650. The molecule has 8 aromatic rings. The molecule has 0 aliphatic carbocycles. The number of nitrogens with two attached hydrogens (primary N) is 1. The molecule has 6 aromatic heterocycles. The summed E-state index contributed by atoms with van der Waals surface area (Å²) in [6, 6.07) is 17.2. The summed E-state index contributed by atoms with van der Waals surface area (Å²) in [7, 11) is 0. The maximum absolute atomic E-state index is 14.3.